The number of nitro benzene ring substituents is 1. The van der Waals surface area contributed by atoms with Gasteiger partial charge in [-0.05, 0) is 55.8 Å². The summed E-state index contributed by atoms with van der Waals surface area (Å²) in [7, 11) is -3.48. The molecule has 12 heteroatoms. The SMILES string of the molecule is CCN(c1ccc(C(=O)CN2C(=O)N[C@@](C)(c3ccc([N+](=O)[O-])cc3)C2=O)cc1)S(C)(=O)=O. The van der Waals surface area contributed by atoms with Crippen LogP contribution in [0, 0.1) is 10.1 Å². The quantitative estimate of drug-likeness (QED) is 0.266. The lowest BCUT2D eigenvalue weighted by Crippen LogP contribution is -2.41. The monoisotopic (exact) mass is 474 g/mol. The summed E-state index contributed by atoms with van der Waals surface area (Å²) in [5.74, 6) is -1.18. The highest BCUT2D eigenvalue weighted by Crippen LogP contribution is 2.30. The summed E-state index contributed by atoms with van der Waals surface area (Å²) in [6.45, 7) is 2.84. The van der Waals surface area contributed by atoms with Gasteiger partial charge in [-0.25, -0.2) is 13.2 Å². The number of amides is 3. The molecule has 0 aromatic heterocycles. The predicted molar refractivity (Wildman–Crippen MR) is 119 cm³/mol. The summed E-state index contributed by atoms with van der Waals surface area (Å²) < 4.78 is 24.9. The van der Waals surface area contributed by atoms with Crippen molar-refractivity contribution in [2.75, 3.05) is 23.7 Å². The molecule has 0 aliphatic carbocycles. The molecule has 0 unspecified atom stereocenters. The maximum atomic E-state index is 13.0. The zero-order valence-electron chi connectivity index (χ0n) is 18.1. The maximum Gasteiger partial charge on any atom is 0.325 e. The number of hydrogen-bond donors (Lipinski definition) is 1. The molecule has 0 radical (unpaired) electrons. The van der Waals surface area contributed by atoms with Crippen LogP contribution in [-0.2, 0) is 20.4 Å². The zero-order chi connectivity index (χ0) is 24.6. The molecule has 11 nitrogen and oxygen atoms in total. The van der Waals surface area contributed by atoms with Crippen LogP contribution in [0.25, 0.3) is 0 Å². The minimum absolute atomic E-state index is 0.160. The van der Waals surface area contributed by atoms with Gasteiger partial charge in [0.2, 0.25) is 10.0 Å². The maximum absolute atomic E-state index is 13.0. The largest absolute Gasteiger partial charge is 0.325 e. The second-order valence-corrected chi connectivity index (χ2v) is 9.56. The van der Waals surface area contributed by atoms with Crippen molar-refractivity contribution in [2.24, 2.45) is 0 Å². The van der Waals surface area contributed by atoms with Gasteiger partial charge in [-0.3, -0.25) is 28.9 Å². The first-order valence-corrected chi connectivity index (χ1v) is 11.7. The van der Waals surface area contributed by atoms with Crippen molar-refractivity contribution in [1.82, 2.24) is 10.2 Å². The number of carbonyl (C=O) groups is 3. The lowest BCUT2D eigenvalue weighted by molar-refractivity contribution is -0.384. The number of hydrogen-bond acceptors (Lipinski definition) is 7. The van der Waals surface area contributed by atoms with Gasteiger partial charge >= 0.3 is 6.03 Å². The van der Waals surface area contributed by atoms with Crippen molar-refractivity contribution in [2.45, 2.75) is 19.4 Å². The lowest BCUT2D eigenvalue weighted by atomic mass is 9.92. The molecule has 2 aromatic rings. The molecule has 1 N–H and O–H groups in total. The van der Waals surface area contributed by atoms with Gasteiger partial charge in [0.05, 0.1) is 23.4 Å². The van der Waals surface area contributed by atoms with Gasteiger partial charge in [-0.15, -0.1) is 0 Å². The number of Topliss-reactive ketones (excluding diaryl/α,β-unsaturated/α-hetero) is 1. The number of rotatable bonds is 8. The number of carbonyl (C=O) groups excluding carboxylic acids is 3. The Hall–Kier alpha value is -3.80. The third-order valence-electron chi connectivity index (χ3n) is 5.40. The van der Waals surface area contributed by atoms with E-state index in [0.29, 0.717) is 11.3 Å². The molecule has 0 bridgehead atoms. The van der Waals surface area contributed by atoms with Gasteiger partial charge in [0, 0.05) is 24.2 Å². The molecule has 3 rings (SSSR count). The Bertz CT molecular complexity index is 1230. The molecule has 1 aliphatic rings. The smallest absolute Gasteiger partial charge is 0.319 e. The summed E-state index contributed by atoms with van der Waals surface area (Å²) in [4.78, 5) is 49.3. The van der Waals surface area contributed by atoms with Crippen LogP contribution in [0.15, 0.2) is 48.5 Å². The van der Waals surface area contributed by atoms with Crippen molar-refractivity contribution in [3.8, 4) is 0 Å². The number of nitrogens with one attached hydrogen (secondary N) is 1. The van der Waals surface area contributed by atoms with Crippen LogP contribution in [0.5, 0.6) is 0 Å². The number of nitrogens with zero attached hydrogens (tertiary/aromatic N) is 3. The molecule has 2 aromatic carbocycles. The number of benzene rings is 2. The molecule has 1 saturated heterocycles. The van der Waals surface area contributed by atoms with Crippen LogP contribution in [0.2, 0.25) is 0 Å². The summed E-state index contributed by atoms with van der Waals surface area (Å²) in [6, 6.07) is 10.3. The fourth-order valence-electron chi connectivity index (χ4n) is 3.61. The molecular weight excluding hydrogens is 452 g/mol. The Morgan fingerprint density at radius 2 is 1.70 bits per heavy atom. The van der Waals surface area contributed by atoms with E-state index in [1.165, 1.54) is 59.8 Å². The van der Waals surface area contributed by atoms with E-state index >= 15 is 0 Å². The number of nitro groups is 1. The Labute approximate surface area is 190 Å². The third-order valence-corrected chi connectivity index (χ3v) is 6.67. The van der Waals surface area contributed by atoms with E-state index in [2.05, 4.69) is 5.32 Å². The number of anilines is 1. The van der Waals surface area contributed by atoms with Crippen LogP contribution in [-0.4, -0.2) is 55.3 Å². The van der Waals surface area contributed by atoms with Gasteiger partial charge in [0.25, 0.3) is 11.6 Å². The van der Waals surface area contributed by atoms with E-state index < -0.39 is 44.8 Å². The van der Waals surface area contributed by atoms with Crippen molar-refractivity contribution in [3.63, 3.8) is 0 Å². The standard InChI is InChI=1S/C21H22N4O7S/c1-4-24(33(3,31)32)16-9-5-14(6-10-16)18(26)13-23-19(27)21(2,22-20(23)28)15-7-11-17(12-8-15)25(29)30/h5-12H,4,13H2,1-3H3,(H,22,28)/t21-/m0/s1. The first-order chi connectivity index (χ1) is 15.4. The molecule has 33 heavy (non-hydrogen) atoms. The number of imide groups is 1. The summed E-state index contributed by atoms with van der Waals surface area (Å²) >= 11 is 0. The molecule has 0 spiro atoms. The fraction of sp³-hybridized carbons (Fsp3) is 0.286. The average molecular weight is 474 g/mol. The average Bonchev–Trinajstić information content (AvgIpc) is 2.97. The summed E-state index contributed by atoms with van der Waals surface area (Å²) in [6.07, 6.45) is 1.08. The normalized spacial score (nSPS) is 18.2. The van der Waals surface area contributed by atoms with Crippen molar-refractivity contribution in [3.05, 3.63) is 69.8 Å². The molecule has 1 atom stereocenters. The van der Waals surface area contributed by atoms with Crippen molar-refractivity contribution in [1.29, 1.82) is 0 Å². The van der Waals surface area contributed by atoms with Crippen LogP contribution in [0.1, 0.15) is 29.8 Å². The van der Waals surface area contributed by atoms with Crippen LogP contribution in [0.3, 0.4) is 0 Å². The highest BCUT2D eigenvalue weighted by molar-refractivity contribution is 7.92. The number of urea groups is 1. The van der Waals surface area contributed by atoms with Crippen LogP contribution in [0.4, 0.5) is 16.2 Å². The first kappa shape index (κ1) is 23.9. The van der Waals surface area contributed by atoms with Crippen LogP contribution >= 0.6 is 0 Å². The Kier molecular flexibility index (Phi) is 6.23. The minimum atomic E-state index is -3.48. The van der Waals surface area contributed by atoms with E-state index in [1.807, 2.05) is 0 Å². The van der Waals surface area contributed by atoms with Gasteiger partial charge in [0.1, 0.15) is 5.54 Å². The second-order valence-electron chi connectivity index (χ2n) is 7.65. The molecular formula is C21H22N4O7S. The number of sulfonamides is 1. The minimum Gasteiger partial charge on any atom is -0.319 e. The molecule has 1 heterocycles. The summed E-state index contributed by atoms with van der Waals surface area (Å²) in [5, 5.41) is 13.4. The molecule has 3 amide bonds. The zero-order valence-corrected chi connectivity index (χ0v) is 19.0. The fourth-order valence-corrected chi connectivity index (χ4v) is 4.58. The molecule has 1 fully saturated rings. The Morgan fingerprint density at radius 1 is 1.12 bits per heavy atom. The topological polar surface area (TPSA) is 147 Å². The van der Waals surface area contributed by atoms with E-state index in [1.54, 1.807) is 6.92 Å². The lowest BCUT2D eigenvalue weighted by Gasteiger charge is -2.22. The summed E-state index contributed by atoms with van der Waals surface area (Å²) in [5.41, 5.74) is -0.712. The molecule has 0 saturated carbocycles. The first-order valence-electron chi connectivity index (χ1n) is 9.88. The number of ketones is 1. The number of non-ortho nitro benzene ring substituents is 1. The van der Waals surface area contributed by atoms with Crippen LogP contribution < -0.4 is 9.62 Å². The van der Waals surface area contributed by atoms with E-state index in [9.17, 15) is 32.9 Å². The van der Waals surface area contributed by atoms with E-state index in [0.717, 1.165) is 11.2 Å². The Balaban J connectivity index is 1.78. The Morgan fingerprint density at radius 3 is 2.18 bits per heavy atom. The third kappa shape index (κ3) is 4.55. The highest BCUT2D eigenvalue weighted by Gasteiger charge is 2.49. The molecule has 1 aliphatic heterocycles. The van der Waals surface area contributed by atoms with E-state index in [4.69, 9.17) is 0 Å². The van der Waals surface area contributed by atoms with Gasteiger partial charge in [0.15, 0.2) is 5.78 Å². The highest BCUT2D eigenvalue weighted by atomic mass is 32.2. The van der Waals surface area contributed by atoms with Crippen molar-refractivity contribution >= 4 is 39.1 Å². The molecule has 174 valence electrons. The van der Waals surface area contributed by atoms with E-state index in [-0.39, 0.29) is 17.8 Å². The second kappa shape index (κ2) is 8.62. The van der Waals surface area contributed by atoms with Gasteiger partial charge in [-0.1, -0.05) is 0 Å². The van der Waals surface area contributed by atoms with Gasteiger partial charge < -0.3 is 5.32 Å². The van der Waals surface area contributed by atoms with Gasteiger partial charge in [-0.2, -0.15) is 0 Å². The predicted octanol–water partition coefficient (Wildman–Crippen LogP) is 2.03. The van der Waals surface area contributed by atoms with Crippen molar-refractivity contribution < 1.29 is 27.7 Å².